The van der Waals surface area contributed by atoms with Crippen molar-refractivity contribution in [1.82, 2.24) is 5.32 Å². The van der Waals surface area contributed by atoms with Gasteiger partial charge < -0.3 is 14.8 Å². The van der Waals surface area contributed by atoms with E-state index in [0.29, 0.717) is 4.67 Å². The summed E-state index contributed by atoms with van der Waals surface area (Å²) < 4.78 is 5.67. The van der Waals surface area contributed by atoms with Crippen LogP contribution in [0.2, 0.25) is 0 Å². The van der Waals surface area contributed by atoms with Gasteiger partial charge in [0.2, 0.25) is 0 Å². The predicted octanol–water partition coefficient (Wildman–Crippen LogP) is 3.66. The number of carbonyl (C=O) groups is 1. The lowest BCUT2D eigenvalue weighted by Gasteiger charge is -2.14. The summed E-state index contributed by atoms with van der Waals surface area (Å²) in [7, 11) is 0. The molecule has 1 heterocycles. The number of furan rings is 1. The van der Waals surface area contributed by atoms with Crippen molar-refractivity contribution in [3.8, 4) is 0 Å². The molecule has 0 spiro atoms. The number of hydrogen-bond donors (Lipinski definition) is 2. The number of carbonyl (C=O) groups excluding carboxylic acids is 1. The molecule has 0 saturated carbocycles. The minimum Gasteiger partial charge on any atom is -0.444 e. The molecule has 112 valence electrons. The Hall–Kier alpha value is -2.11. The molecule has 0 aliphatic carbocycles. The van der Waals surface area contributed by atoms with Crippen molar-refractivity contribution >= 4 is 32.6 Å². The topological polar surface area (TPSA) is 62.5 Å². The van der Waals surface area contributed by atoms with Crippen LogP contribution < -0.4 is 5.32 Å². The highest BCUT2D eigenvalue weighted by Crippen LogP contribution is 2.24. The maximum Gasteiger partial charge on any atom is 0.287 e. The predicted molar refractivity (Wildman–Crippen MR) is 87.6 cm³/mol. The van der Waals surface area contributed by atoms with Crippen LogP contribution in [-0.4, -0.2) is 17.6 Å². The van der Waals surface area contributed by atoms with Crippen molar-refractivity contribution in [1.29, 1.82) is 0 Å². The smallest absolute Gasteiger partial charge is 0.287 e. The molecule has 0 bridgehead atoms. The maximum atomic E-state index is 11.9. The molecule has 0 saturated heterocycles. The number of halogens is 1. The zero-order chi connectivity index (χ0) is 15.5. The highest BCUT2D eigenvalue weighted by atomic mass is 79.9. The minimum absolute atomic E-state index is 0.116. The van der Waals surface area contributed by atoms with Crippen LogP contribution in [0.3, 0.4) is 0 Å². The molecule has 0 aliphatic rings. The van der Waals surface area contributed by atoms with Gasteiger partial charge in [-0.05, 0) is 44.4 Å². The van der Waals surface area contributed by atoms with Crippen molar-refractivity contribution in [3.05, 3.63) is 70.6 Å². The van der Waals surface area contributed by atoms with Gasteiger partial charge in [-0.25, -0.2) is 0 Å². The standard InChI is InChI=1S/C17H14BrNO3/c18-16-9-8-15(22-16)17(21)19-10-14(20)13-7-3-5-11-4-1-2-6-12(11)13/h1-9,14,20H,10H2,(H,19,21). The van der Waals surface area contributed by atoms with Crippen LogP contribution in [0, 0.1) is 0 Å². The van der Waals surface area contributed by atoms with Gasteiger partial charge in [0.05, 0.1) is 6.10 Å². The van der Waals surface area contributed by atoms with Gasteiger partial charge in [-0.1, -0.05) is 42.5 Å². The van der Waals surface area contributed by atoms with E-state index in [1.54, 1.807) is 12.1 Å². The van der Waals surface area contributed by atoms with E-state index < -0.39 is 6.10 Å². The molecule has 1 atom stereocenters. The molecule has 5 heteroatoms. The Morgan fingerprint density at radius 2 is 1.91 bits per heavy atom. The van der Waals surface area contributed by atoms with E-state index in [9.17, 15) is 9.90 Å². The summed E-state index contributed by atoms with van der Waals surface area (Å²) in [5, 5.41) is 15.1. The average molecular weight is 360 g/mol. The van der Waals surface area contributed by atoms with Crippen LogP contribution in [0.4, 0.5) is 0 Å². The number of hydrogen-bond acceptors (Lipinski definition) is 3. The maximum absolute atomic E-state index is 11.9. The average Bonchev–Trinajstić information content (AvgIpc) is 2.98. The van der Waals surface area contributed by atoms with Gasteiger partial charge in [0.15, 0.2) is 10.4 Å². The highest BCUT2D eigenvalue weighted by molar-refractivity contribution is 9.10. The third kappa shape index (κ3) is 3.05. The molecule has 0 fully saturated rings. The number of aliphatic hydroxyl groups excluding tert-OH is 1. The molecule has 22 heavy (non-hydrogen) atoms. The number of aliphatic hydroxyl groups is 1. The van der Waals surface area contributed by atoms with Crippen LogP contribution >= 0.6 is 15.9 Å². The number of rotatable bonds is 4. The molecule has 0 radical (unpaired) electrons. The van der Waals surface area contributed by atoms with Crippen LogP contribution in [-0.2, 0) is 0 Å². The fraction of sp³-hybridized carbons (Fsp3) is 0.118. The third-order valence-corrected chi connectivity index (χ3v) is 3.86. The fourth-order valence-electron chi connectivity index (χ4n) is 2.36. The van der Waals surface area contributed by atoms with E-state index in [0.717, 1.165) is 16.3 Å². The molecule has 3 aromatic rings. The van der Waals surface area contributed by atoms with E-state index in [1.807, 2.05) is 42.5 Å². The molecule has 1 amide bonds. The molecule has 3 rings (SSSR count). The second kappa shape index (κ2) is 6.34. The highest BCUT2D eigenvalue weighted by Gasteiger charge is 2.15. The van der Waals surface area contributed by atoms with Gasteiger partial charge in [-0.15, -0.1) is 0 Å². The summed E-state index contributed by atoms with van der Waals surface area (Å²) in [5.74, 6) is -0.151. The Balaban J connectivity index is 1.74. The van der Waals surface area contributed by atoms with E-state index in [-0.39, 0.29) is 18.2 Å². The van der Waals surface area contributed by atoms with Gasteiger partial charge >= 0.3 is 0 Å². The van der Waals surface area contributed by atoms with Crippen molar-refractivity contribution < 1.29 is 14.3 Å². The van der Waals surface area contributed by atoms with E-state index in [2.05, 4.69) is 21.2 Å². The molecule has 1 aromatic heterocycles. The Labute approximate surface area is 135 Å². The Bertz CT molecular complexity index is 807. The summed E-state index contributed by atoms with van der Waals surface area (Å²) >= 11 is 3.15. The second-order valence-electron chi connectivity index (χ2n) is 4.90. The SMILES string of the molecule is O=C(NCC(O)c1cccc2ccccc12)c1ccc(Br)o1. The molecular weight excluding hydrogens is 346 g/mol. The molecule has 4 nitrogen and oxygen atoms in total. The van der Waals surface area contributed by atoms with E-state index in [1.165, 1.54) is 0 Å². The molecular formula is C17H14BrNO3. The van der Waals surface area contributed by atoms with E-state index in [4.69, 9.17) is 4.42 Å². The zero-order valence-electron chi connectivity index (χ0n) is 11.6. The first kappa shape index (κ1) is 14.8. The van der Waals surface area contributed by atoms with E-state index >= 15 is 0 Å². The fourth-order valence-corrected chi connectivity index (χ4v) is 2.67. The summed E-state index contributed by atoms with van der Waals surface area (Å²) in [6.07, 6.45) is -0.784. The molecule has 1 unspecified atom stereocenters. The zero-order valence-corrected chi connectivity index (χ0v) is 13.2. The monoisotopic (exact) mass is 359 g/mol. The lowest BCUT2D eigenvalue weighted by Crippen LogP contribution is -2.28. The van der Waals surface area contributed by atoms with Crippen molar-refractivity contribution in [2.45, 2.75) is 6.10 Å². The lowest BCUT2D eigenvalue weighted by atomic mass is 10.0. The third-order valence-electron chi connectivity index (χ3n) is 3.44. The Morgan fingerprint density at radius 1 is 1.14 bits per heavy atom. The van der Waals surface area contributed by atoms with Gasteiger partial charge in [-0.3, -0.25) is 4.79 Å². The van der Waals surface area contributed by atoms with Gasteiger partial charge in [0.25, 0.3) is 5.91 Å². The van der Waals surface area contributed by atoms with Gasteiger partial charge in [0.1, 0.15) is 0 Å². The van der Waals surface area contributed by atoms with Crippen LogP contribution in [0.1, 0.15) is 22.2 Å². The van der Waals surface area contributed by atoms with Gasteiger partial charge in [-0.2, -0.15) is 0 Å². The van der Waals surface area contributed by atoms with Crippen molar-refractivity contribution in [2.24, 2.45) is 0 Å². The first-order chi connectivity index (χ1) is 10.6. The normalized spacial score (nSPS) is 12.3. The number of fused-ring (bicyclic) bond motifs is 1. The van der Waals surface area contributed by atoms with Crippen LogP contribution in [0.25, 0.3) is 10.8 Å². The van der Waals surface area contributed by atoms with Gasteiger partial charge in [0, 0.05) is 6.54 Å². The first-order valence-corrected chi connectivity index (χ1v) is 7.64. The first-order valence-electron chi connectivity index (χ1n) is 6.84. The largest absolute Gasteiger partial charge is 0.444 e. The Morgan fingerprint density at radius 3 is 2.68 bits per heavy atom. The molecule has 0 aliphatic heterocycles. The van der Waals surface area contributed by atoms with Crippen LogP contribution in [0.15, 0.2) is 63.7 Å². The van der Waals surface area contributed by atoms with Crippen molar-refractivity contribution in [2.75, 3.05) is 6.54 Å². The lowest BCUT2D eigenvalue weighted by molar-refractivity contribution is 0.0888. The summed E-state index contributed by atoms with van der Waals surface area (Å²) in [6, 6.07) is 16.8. The number of benzene rings is 2. The van der Waals surface area contributed by atoms with Crippen molar-refractivity contribution in [3.63, 3.8) is 0 Å². The molecule has 2 N–H and O–H groups in total. The summed E-state index contributed by atoms with van der Waals surface area (Å²) in [5.41, 5.74) is 0.791. The summed E-state index contributed by atoms with van der Waals surface area (Å²) in [4.78, 5) is 11.9. The number of nitrogens with one attached hydrogen (secondary N) is 1. The van der Waals surface area contributed by atoms with Crippen LogP contribution in [0.5, 0.6) is 0 Å². The quantitative estimate of drug-likeness (QED) is 0.747. The minimum atomic E-state index is -0.784. The molecule has 2 aromatic carbocycles. The second-order valence-corrected chi connectivity index (χ2v) is 5.68. The number of amides is 1. The summed E-state index contributed by atoms with van der Waals surface area (Å²) in [6.45, 7) is 0.116. The Kier molecular flexibility index (Phi) is 4.27.